The van der Waals surface area contributed by atoms with Crippen molar-refractivity contribution >= 4 is 0 Å². The summed E-state index contributed by atoms with van der Waals surface area (Å²) in [5, 5.41) is 0. The molecule has 0 amide bonds. The highest BCUT2D eigenvalue weighted by Gasteiger charge is 2.13. The van der Waals surface area contributed by atoms with E-state index in [9.17, 15) is 0 Å². The summed E-state index contributed by atoms with van der Waals surface area (Å²) < 4.78 is 0. The fourth-order valence-electron chi connectivity index (χ4n) is 0.931. The summed E-state index contributed by atoms with van der Waals surface area (Å²) in [5.74, 6) is 0. The molecule has 1 nitrogen and oxygen atoms in total. The van der Waals surface area contributed by atoms with Crippen molar-refractivity contribution in [2.45, 2.75) is 46.6 Å². The average Bonchev–Trinajstić information content (AvgIpc) is 1.62. The smallest absolute Gasteiger partial charge is 0.00411 e. The van der Waals surface area contributed by atoms with Crippen molar-refractivity contribution in [1.82, 2.24) is 0 Å². The lowest BCUT2D eigenvalue weighted by molar-refractivity contribution is 0.335. The van der Waals surface area contributed by atoms with Gasteiger partial charge in [-0.05, 0) is 18.3 Å². The summed E-state index contributed by atoms with van der Waals surface area (Å²) in [6.45, 7) is 8.81. The molecule has 1 atom stereocenters. The summed E-state index contributed by atoms with van der Waals surface area (Å²) in [5.41, 5.74) is 6.16. The van der Waals surface area contributed by atoms with Crippen LogP contribution in [-0.2, 0) is 0 Å². The first kappa shape index (κ1) is 8.96. The van der Waals surface area contributed by atoms with Crippen molar-refractivity contribution in [3.8, 4) is 0 Å². The predicted molar refractivity (Wildman–Crippen MR) is 42.3 cm³/mol. The monoisotopic (exact) mass is 129 g/mol. The van der Waals surface area contributed by atoms with Gasteiger partial charge in [-0.2, -0.15) is 0 Å². The van der Waals surface area contributed by atoms with Gasteiger partial charge in [-0.1, -0.05) is 27.7 Å². The van der Waals surface area contributed by atoms with Gasteiger partial charge in [0.25, 0.3) is 0 Å². The van der Waals surface area contributed by atoms with Crippen molar-refractivity contribution in [2.24, 2.45) is 11.1 Å². The molecular formula is C8H19N. The highest BCUT2D eigenvalue weighted by molar-refractivity contribution is 4.69. The second-order valence-electron chi connectivity index (χ2n) is 3.93. The van der Waals surface area contributed by atoms with Crippen LogP contribution in [0.5, 0.6) is 0 Å². The van der Waals surface area contributed by atoms with Crippen molar-refractivity contribution in [2.75, 3.05) is 0 Å². The van der Waals surface area contributed by atoms with Crippen LogP contribution < -0.4 is 5.73 Å². The minimum absolute atomic E-state index is 0.394. The van der Waals surface area contributed by atoms with Crippen LogP contribution >= 0.6 is 0 Å². The normalized spacial score (nSPS) is 15.7. The van der Waals surface area contributed by atoms with Gasteiger partial charge in [0.1, 0.15) is 0 Å². The highest BCUT2D eigenvalue weighted by atomic mass is 14.6. The number of hydrogen-bond acceptors (Lipinski definition) is 1. The maximum atomic E-state index is 5.76. The van der Waals surface area contributed by atoms with E-state index in [1.165, 1.54) is 0 Å². The molecule has 0 saturated carbocycles. The molecule has 0 aliphatic carbocycles. The Morgan fingerprint density at radius 1 is 1.33 bits per heavy atom. The number of nitrogens with two attached hydrogens (primary N) is 1. The van der Waals surface area contributed by atoms with E-state index in [0.29, 0.717) is 11.5 Å². The highest BCUT2D eigenvalue weighted by Crippen LogP contribution is 2.20. The Hall–Kier alpha value is -0.0400. The van der Waals surface area contributed by atoms with E-state index in [0.717, 1.165) is 12.8 Å². The second kappa shape index (κ2) is 3.21. The zero-order valence-electron chi connectivity index (χ0n) is 7.07. The predicted octanol–water partition coefficient (Wildman–Crippen LogP) is 2.16. The van der Waals surface area contributed by atoms with Gasteiger partial charge in [0.2, 0.25) is 0 Å². The molecule has 0 heterocycles. The van der Waals surface area contributed by atoms with Gasteiger partial charge in [-0.15, -0.1) is 0 Å². The fourth-order valence-corrected chi connectivity index (χ4v) is 0.931. The molecule has 1 unspecified atom stereocenters. The Bertz CT molecular complexity index is 71.1. The molecule has 0 fully saturated rings. The van der Waals surface area contributed by atoms with Crippen molar-refractivity contribution in [1.29, 1.82) is 0 Å². The maximum absolute atomic E-state index is 5.76. The van der Waals surface area contributed by atoms with Crippen molar-refractivity contribution in [3.63, 3.8) is 0 Å². The van der Waals surface area contributed by atoms with Gasteiger partial charge in [0.15, 0.2) is 0 Å². The first-order valence-electron chi connectivity index (χ1n) is 3.71. The molecule has 0 aromatic rings. The zero-order chi connectivity index (χ0) is 7.49. The summed E-state index contributed by atoms with van der Waals surface area (Å²) in [6.07, 6.45) is 2.22. The largest absolute Gasteiger partial charge is 0.328 e. The van der Waals surface area contributed by atoms with Crippen LogP contribution in [0.25, 0.3) is 0 Å². The van der Waals surface area contributed by atoms with E-state index in [-0.39, 0.29) is 0 Å². The van der Waals surface area contributed by atoms with Crippen LogP contribution in [0, 0.1) is 5.41 Å². The van der Waals surface area contributed by atoms with E-state index in [1.54, 1.807) is 0 Å². The molecule has 0 saturated heterocycles. The molecule has 0 aromatic heterocycles. The van der Waals surface area contributed by atoms with Crippen molar-refractivity contribution < 1.29 is 0 Å². The first-order chi connectivity index (χ1) is 3.95. The standard InChI is InChI=1S/C8H19N/c1-5-7(9)6-8(2,3)4/h7H,5-6,9H2,1-4H3. The summed E-state index contributed by atoms with van der Waals surface area (Å²) >= 11 is 0. The minimum atomic E-state index is 0.394. The quantitative estimate of drug-likeness (QED) is 0.607. The molecule has 0 aliphatic heterocycles. The van der Waals surface area contributed by atoms with Crippen LogP contribution in [0.3, 0.4) is 0 Å². The van der Waals surface area contributed by atoms with Crippen LogP contribution in [0.2, 0.25) is 0 Å². The van der Waals surface area contributed by atoms with Gasteiger partial charge in [-0.25, -0.2) is 0 Å². The third-order valence-corrected chi connectivity index (χ3v) is 1.40. The Morgan fingerprint density at radius 3 is 1.89 bits per heavy atom. The molecule has 0 aromatic carbocycles. The fraction of sp³-hybridized carbons (Fsp3) is 1.00. The van der Waals surface area contributed by atoms with Gasteiger partial charge >= 0.3 is 0 Å². The minimum Gasteiger partial charge on any atom is -0.328 e. The zero-order valence-corrected chi connectivity index (χ0v) is 7.07. The number of rotatable bonds is 2. The molecule has 0 radical (unpaired) electrons. The van der Waals surface area contributed by atoms with Gasteiger partial charge < -0.3 is 5.73 Å². The molecule has 0 rings (SSSR count). The third kappa shape index (κ3) is 5.84. The topological polar surface area (TPSA) is 26.0 Å². The van der Waals surface area contributed by atoms with Crippen molar-refractivity contribution in [3.05, 3.63) is 0 Å². The lowest BCUT2D eigenvalue weighted by atomic mass is 9.88. The Balaban J connectivity index is 3.47. The molecule has 9 heavy (non-hydrogen) atoms. The first-order valence-corrected chi connectivity index (χ1v) is 3.71. The molecule has 0 bridgehead atoms. The summed E-state index contributed by atoms with van der Waals surface area (Å²) in [4.78, 5) is 0. The van der Waals surface area contributed by atoms with Crippen LogP contribution in [-0.4, -0.2) is 6.04 Å². The molecule has 2 N–H and O–H groups in total. The average molecular weight is 129 g/mol. The Morgan fingerprint density at radius 2 is 1.78 bits per heavy atom. The van der Waals surface area contributed by atoms with Crippen LogP contribution in [0.15, 0.2) is 0 Å². The number of hydrogen-bond donors (Lipinski definition) is 1. The summed E-state index contributed by atoms with van der Waals surface area (Å²) in [7, 11) is 0. The lowest BCUT2D eigenvalue weighted by Crippen LogP contribution is -2.25. The SMILES string of the molecule is CCC(N)CC(C)(C)C. The van der Waals surface area contributed by atoms with E-state index < -0.39 is 0 Å². The molecule has 0 aliphatic rings. The van der Waals surface area contributed by atoms with Gasteiger partial charge in [0, 0.05) is 6.04 Å². The molecular weight excluding hydrogens is 110 g/mol. The molecule has 0 spiro atoms. The van der Waals surface area contributed by atoms with E-state index in [4.69, 9.17) is 5.73 Å². The van der Waals surface area contributed by atoms with Crippen LogP contribution in [0.1, 0.15) is 40.5 Å². The second-order valence-corrected chi connectivity index (χ2v) is 3.93. The third-order valence-electron chi connectivity index (χ3n) is 1.40. The summed E-state index contributed by atoms with van der Waals surface area (Å²) in [6, 6.07) is 0.394. The van der Waals surface area contributed by atoms with E-state index in [1.807, 2.05) is 0 Å². The molecule has 1 heteroatoms. The van der Waals surface area contributed by atoms with E-state index in [2.05, 4.69) is 27.7 Å². The molecule has 56 valence electrons. The van der Waals surface area contributed by atoms with Crippen LogP contribution in [0.4, 0.5) is 0 Å². The lowest BCUT2D eigenvalue weighted by Gasteiger charge is -2.21. The Labute approximate surface area is 58.6 Å². The Kier molecular flexibility index (Phi) is 3.20. The maximum Gasteiger partial charge on any atom is 0.00411 e. The van der Waals surface area contributed by atoms with Gasteiger partial charge in [0.05, 0.1) is 0 Å². The van der Waals surface area contributed by atoms with E-state index >= 15 is 0 Å². The van der Waals surface area contributed by atoms with Gasteiger partial charge in [-0.3, -0.25) is 0 Å².